The molecule has 2 heterocycles. The number of benzene rings is 2. The van der Waals surface area contributed by atoms with E-state index in [-0.39, 0.29) is 31.6 Å². The molecule has 2 aliphatic carbocycles. The van der Waals surface area contributed by atoms with Crippen LogP contribution in [0.5, 0.6) is 0 Å². The second-order valence-electron chi connectivity index (χ2n) is 22.8. The van der Waals surface area contributed by atoms with Crippen LogP contribution in [0.15, 0.2) is 48.5 Å². The molecule has 3 amide bonds. The lowest BCUT2D eigenvalue weighted by Crippen LogP contribution is -2.55. The molecule has 18 nitrogen and oxygen atoms in total. The van der Waals surface area contributed by atoms with Crippen molar-refractivity contribution in [3.63, 3.8) is 0 Å². The fourth-order valence-corrected chi connectivity index (χ4v) is 10.2. The smallest absolute Gasteiger partial charge is 0.332 e. The number of carbonyl (C=O) groups is 8. The Balaban J connectivity index is 1.17. The van der Waals surface area contributed by atoms with Gasteiger partial charge in [0, 0.05) is 73.3 Å². The number of alkyl halides is 2. The van der Waals surface area contributed by atoms with E-state index in [9.17, 15) is 38.4 Å². The van der Waals surface area contributed by atoms with E-state index in [0.717, 1.165) is 57.1 Å². The van der Waals surface area contributed by atoms with Gasteiger partial charge in [-0.05, 0) is 134 Å². The van der Waals surface area contributed by atoms with E-state index in [0.29, 0.717) is 57.0 Å². The van der Waals surface area contributed by atoms with Gasteiger partial charge in [-0.3, -0.25) is 24.0 Å². The third-order valence-electron chi connectivity index (χ3n) is 15.6. The van der Waals surface area contributed by atoms with Crippen LogP contribution in [0.4, 0.5) is 8.78 Å². The molecule has 2 saturated heterocycles. The third-order valence-corrected chi connectivity index (χ3v) is 15.6. The zero-order valence-electron chi connectivity index (χ0n) is 46.9. The normalized spacial score (nSPS) is 19.5. The number of nitrogens with one attached hydrogen (secondary N) is 1. The van der Waals surface area contributed by atoms with E-state index in [4.69, 9.17) is 28.4 Å². The topological polar surface area (TPSA) is 214 Å². The Labute approximate surface area is 456 Å². The summed E-state index contributed by atoms with van der Waals surface area (Å²) in [6, 6.07) is 11.9. The van der Waals surface area contributed by atoms with Gasteiger partial charge in [0.15, 0.2) is 30.7 Å². The molecule has 6 atom stereocenters. The summed E-state index contributed by atoms with van der Waals surface area (Å²) >= 11 is 0. The maximum Gasteiger partial charge on any atom is 0.332 e. The van der Waals surface area contributed by atoms with Crippen LogP contribution in [-0.4, -0.2) is 176 Å². The van der Waals surface area contributed by atoms with Crippen molar-refractivity contribution in [3.05, 3.63) is 70.8 Å². The molecular weight excluding hydrogens is 1010 g/mol. The quantitative estimate of drug-likeness (QED) is 0.0668. The predicted molar refractivity (Wildman–Crippen MR) is 281 cm³/mol. The van der Waals surface area contributed by atoms with Crippen LogP contribution in [0.3, 0.4) is 0 Å². The molecule has 20 heteroatoms. The van der Waals surface area contributed by atoms with Crippen molar-refractivity contribution in [3.8, 4) is 0 Å². The lowest BCUT2D eigenvalue weighted by Gasteiger charge is -2.34. The largest absolute Gasteiger partial charge is 0.453 e. The van der Waals surface area contributed by atoms with Gasteiger partial charge in [-0.25, -0.2) is 23.2 Å². The summed E-state index contributed by atoms with van der Waals surface area (Å²) in [6.45, 7) is 10.1. The van der Waals surface area contributed by atoms with Gasteiger partial charge in [0.1, 0.15) is 34.5 Å². The van der Waals surface area contributed by atoms with Gasteiger partial charge in [-0.1, -0.05) is 48.5 Å². The molecule has 4 fully saturated rings. The summed E-state index contributed by atoms with van der Waals surface area (Å²) < 4.78 is 64.8. The molecule has 2 aromatic carbocycles. The van der Waals surface area contributed by atoms with E-state index in [2.05, 4.69) is 5.32 Å². The number of aldehydes is 1. The molecular formula is C58H80F2N4O14. The first-order valence-electron chi connectivity index (χ1n) is 27.2. The summed E-state index contributed by atoms with van der Waals surface area (Å²) in [5.74, 6) is -5.76. The molecule has 0 bridgehead atoms. The molecule has 2 aliphatic heterocycles. The molecule has 6 rings (SSSR count). The van der Waals surface area contributed by atoms with Gasteiger partial charge in [-0.15, -0.1) is 0 Å². The van der Waals surface area contributed by atoms with Crippen LogP contribution in [0.1, 0.15) is 140 Å². The Morgan fingerprint density at radius 2 is 1.04 bits per heavy atom. The summed E-state index contributed by atoms with van der Waals surface area (Å²) in [4.78, 5) is 113. The first kappa shape index (κ1) is 61.4. The van der Waals surface area contributed by atoms with Crippen molar-refractivity contribution >= 4 is 47.9 Å². The van der Waals surface area contributed by atoms with E-state index >= 15 is 8.78 Å². The highest BCUT2D eigenvalue weighted by atomic mass is 19.1. The Morgan fingerprint density at radius 3 is 1.42 bits per heavy atom. The van der Waals surface area contributed by atoms with Crippen LogP contribution in [-0.2, 0) is 79.6 Å². The van der Waals surface area contributed by atoms with E-state index in [1.54, 1.807) is 19.2 Å². The molecule has 0 spiro atoms. The number of hydrogen-bond acceptors (Lipinski definition) is 15. The van der Waals surface area contributed by atoms with Crippen LogP contribution >= 0.6 is 0 Å². The Bertz CT molecular complexity index is 2440. The van der Waals surface area contributed by atoms with Crippen molar-refractivity contribution in [1.82, 2.24) is 20.0 Å². The lowest BCUT2D eigenvalue weighted by atomic mass is 9.90. The van der Waals surface area contributed by atoms with E-state index in [1.807, 2.05) is 36.4 Å². The van der Waals surface area contributed by atoms with Crippen molar-refractivity contribution in [2.75, 3.05) is 54.6 Å². The van der Waals surface area contributed by atoms with E-state index < -0.39 is 113 Å². The number of amides is 3. The molecule has 4 aliphatic rings. The zero-order valence-corrected chi connectivity index (χ0v) is 46.9. The minimum atomic E-state index is -2.04. The summed E-state index contributed by atoms with van der Waals surface area (Å²) in [5, 5.41) is 2.91. The average Bonchev–Trinajstić information content (AvgIpc) is 4.39. The molecule has 2 saturated carbocycles. The highest BCUT2D eigenvalue weighted by molar-refractivity contribution is 5.96. The summed E-state index contributed by atoms with van der Waals surface area (Å²) in [6.07, 6.45) is -2.01. The molecule has 2 aromatic rings. The minimum Gasteiger partial charge on any atom is -0.453 e. The van der Waals surface area contributed by atoms with Crippen LogP contribution in [0.25, 0.3) is 0 Å². The molecule has 78 heavy (non-hydrogen) atoms. The molecule has 0 aromatic heterocycles. The number of esters is 4. The number of nitrogens with zero attached hydrogens (tertiary/aromatic N) is 3. The van der Waals surface area contributed by atoms with Gasteiger partial charge >= 0.3 is 23.9 Å². The van der Waals surface area contributed by atoms with Crippen molar-refractivity contribution in [2.24, 2.45) is 0 Å². The molecule has 430 valence electrons. The highest BCUT2D eigenvalue weighted by Crippen LogP contribution is 2.43. The van der Waals surface area contributed by atoms with Crippen LogP contribution in [0, 0.1) is 0 Å². The maximum atomic E-state index is 15.6. The molecule has 0 unspecified atom stereocenters. The van der Waals surface area contributed by atoms with Crippen LogP contribution < -0.4 is 5.32 Å². The lowest BCUT2D eigenvalue weighted by molar-refractivity contribution is -0.175. The van der Waals surface area contributed by atoms with Gasteiger partial charge in [-0.2, -0.15) is 0 Å². The predicted octanol–water partition coefficient (Wildman–Crippen LogP) is 5.82. The van der Waals surface area contributed by atoms with Gasteiger partial charge in [0.25, 0.3) is 17.7 Å². The average molecular weight is 1100 g/mol. The van der Waals surface area contributed by atoms with Crippen LogP contribution in [0.2, 0.25) is 0 Å². The SMILES string of the molecule is CNC1(C(=O)O[C@H](C)C(=O)N(C)[C@@H](CC(C)(C)F)C(=O)O[C@H](Cc2ccc(C3CCOCC3)cc2)C(=O)N(C)C2(C(=O)O[C@H](C)C(=O)N(C)[C@@H](CC(C)(C)F)C(=O)O[C@@H](C=O)Cc3ccc(C4CCOCC4)cc3)CC2)CC1. The van der Waals surface area contributed by atoms with Gasteiger partial charge in [0.2, 0.25) is 0 Å². The second kappa shape index (κ2) is 25.9. The number of ether oxygens (including phenoxy) is 6. The maximum absolute atomic E-state index is 15.6. The fourth-order valence-electron chi connectivity index (χ4n) is 10.2. The fraction of sp³-hybridized carbons (Fsp3) is 0.655. The standard InChI is InChI=1S/C58H80F2N4O14/c1-36(75-53(71)57(61-7)23-24-57)48(66)63(9)46(34-56(5,6)60)52(70)78-47(32-39-13-17-41(18-14-39)43-21-29-74-30-22-43)50(68)64(10)58(25-26-58)54(72)76-37(2)49(67)62(8)45(33-55(3,4)59)51(69)77-44(35-65)31-38-11-15-40(16-12-38)42-19-27-73-28-20-42/h11-18,35-37,42-47,61H,19-34H2,1-10H3/t36-,37-,44-,45+,46+,47-/m1/s1. The number of hydrogen-bond donors (Lipinski definition) is 1. The number of rotatable bonds is 26. The number of carbonyl (C=O) groups excluding carboxylic acids is 8. The van der Waals surface area contributed by atoms with Crippen molar-refractivity contribution in [2.45, 2.75) is 189 Å². The van der Waals surface area contributed by atoms with Crippen molar-refractivity contribution < 1.29 is 75.6 Å². The first-order chi connectivity index (χ1) is 36.7. The molecule has 1 N–H and O–H groups in total. The van der Waals surface area contributed by atoms with E-state index in [1.165, 1.54) is 62.7 Å². The number of likely N-dealkylation sites (N-methyl/N-ethyl adjacent to an activating group) is 4. The number of halogens is 2. The Morgan fingerprint density at radius 1 is 0.628 bits per heavy atom. The molecule has 0 radical (unpaired) electrons. The van der Waals surface area contributed by atoms with Gasteiger partial charge in [0.05, 0.1) is 0 Å². The highest BCUT2D eigenvalue weighted by Gasteiger charge is 2.58. The Kier molecular flexibility index (Phi) is 20.4. The van der Waals surface area contributed by atoms with Gasteiger partial charge < -0.3 is 48.4 Å². The zero-order chi connectivity index (χ0) is 57.3. The second-order valence-corrected chi connectivity index (χ2v) is 22.8. The Hall–Kier alpha value is -5.86. The first-order valence-corrected chi connectivity index (χ1v) is 27.2. The summed E-state index contributed by atoms with van der Waals surface area (Å²) in [7, 11) is 5.42. The monoisotopic (exact) mass is 1090 g/mol. The third kappa shape index (κ3) is 15.9. The summed E-state index contributed by atoms with van der Waals surface area (Å²) in [5.41, 5.74) is -3.12. The van der Waals surface area contributed by atoms with Crippen molar-refractivity contribution in [1.29, 1.82) is 0 Å². The minimum absolute atomic E-state index is 0.0287.